The molecular formula is C20H18N4O3. The Morgan fingerprint density at radius 3 is 2.56 bits per heavy atom. The highest BCUT2D eigenvalue weighted by molar-refractivity contribution is 6.05. The smallest absolute Gasteiger partial charge is 0.261 e. The number of nitrogens with zero attached hydrogens (tertiary/aromatic N) is 3. The van der Waals surface area contributed by atoms with Crippen molar-refractivity contribution in [2.45, 2.75) is 6.92 Å². The molecule has 0 fully saturated rings. The monoisotopic (exact) mass is 362 g/mol. The van der Waals surface area contributed by atoms with Gasteiger partial charge >= 0.3 is 0 Å². The first-order chi connectivity index (χ1) is 13.2. The lowest BCUT2D eigenvalue weighted by molar-refractivity contribution is 0.0987. The minimum absolute atomic E-state index is 0.140. The van der Waals surface area contributed by atoms with Crippen LogP contribution >= 0.6 is 0 Å². The number of aromatic nitrogens is 2. The zero-order valence-electron chi connectivity index (χ0n) is 14.8. The predicted octanol–water partition coefficient (Wildman–Crippen LogP) is 3.62. The van der Waals surface area contributed by atoms with Gasteiger partial charge in [0.1, 0.15) is 0 Å². The molecule has 0 spiro atoms. The van der Waals surface area contributed by atoms with Crippen LogP contribution in [-0.4, -0.2) is 29.2 Å². The maximum atomic E-state index is 12.8. The second kappa shape index (κ2) is 7.33. The van der Waals surface area contributed by atoms with Crippen LogP contribution in [0.15, 0.2) is 60.9 Å². The van der Waals surface area contributed by atoms with Crippen molar-refractivity contribution in [1.29, 1.82) is 0 Å². The maximum Gasteiger partial charge on any atom is 0.261 e. The molecule has 1 aromatic heterocycles. The number of carbonyl (C=O) groups is 1. The molecule has 7 nitrogen and oxygen atoms in total. The van der Waals surface area contributed by atoms with E-state index < -0.39 is 0 Å². The van der Waals surface area contributed by atoms with Gasteiger partial charge in [-0.1, -0.05) is 18.2 Å². The fraction of sp³-hybridized carbons (Fsp3) is 0.150. The van der Waals surface area contributed by atoms with Gasteiger partial charge in [0.05, 0.1) is 5.56 Å². The summed E-state index contributed by atoms with van der Waals surface area (Å²) < 4.78 is 10.6. The molecule has 1 N–H and O–H groups in total. The number of hydrogen-bond acceptors (Lipinski definition) is 6. The first-order valence-corrected chi connectivity index (χ1v) is 8.60. The van der Waals surface area contributed by atoms with Gasteiger partial charge in [0.2, 0.25) is 12.7 Å². The minimum Gasteiger partial charge on any atom is -0.454 e. The van der Waals surface area contributed by atoms with Gasteiger partial charge in [0.25, 0.3) is 5.91 Å². The number of para-hydroxylation sites is 1. The van der Waals surface area contributed by atoms with E-state index in [0.717, 1.165) is 11.4 Å². The normalized spacial score (nSPS) is 11.9. The van der Waals surface area contributed by atoms with Gasteiger partial charge in [-0.3, -0.25) is 4.79 Å². The van der Waals surface area contributed by atoms with E-state index in [1.807, 2.05) is 55.5 Å². The van der Waals surface area contributed by atoms with Crippen LogP contribution in [0.5, 0.6) is 11.5 Å². The SMILES string of the molecule is CCN(C(=O)c1cnc(Nc2ccc3c(c2)OCO3)nc1)c1ccccc1. The van der Waals surface area contributed by atoms with Gasteiger partial charge in [-0.05, 0) is 31.2 Å². The molecule has 136 valence electrons. The first kappa shape index (κ1) is 16.8. The Hall–Kier alpha value is -3.61. The van der Waals surface area contributed by atoms with Crippen molar-refractivity contribution in [2.75, 3.05) is 23.6 Å². The summed E-state index contributed by atoms with van der Waals surface area (Å²) in [4.78, 5) is 23.0. The summed E-state index contributed by atoms with van der Waals surface area (Å²) >= 11 is 0. The number of fused-ring (bicyclic) bond motifs is 1. The molecule has 0 saturated heterocycles. The number of hydrogen-bond donors (Lipinski definition) is 1. The van der Waals surface area contributed by atoms with Crippen molar-refractivity contribution in [3.05, 3.63) is 66.5 Å². The topological polar surface area (TPSA) is 76.6 Å². The summed E-state index contributed by atoms with van der Waals surface area (Å²) in [6.45, 7) is 2.71. The second-order valence-electron chi connectivity index (χ2n) is 5.87. The van der Waals surface area contributed by atoms with Crippen LogP contribution in [0.2, 0.25) is 0 Å². The Bertz CT molecular complexity index is 945. The molecular weight excluding hydrogens is 344 g/mol. The van der Waals surface area contributed by atoms with E-state index >= 15 is 0 Å². The van der Waals surface area contributed by atoms with Crippen LogP contribution < -0.4 is 19.7 Å². The molecule has 27 heavy (non-hydrogen) atoms. The highest BCUT2D eigenvalue weighted by Crippen LogP contribution is 2.34. The average Bonchev–Trinajstić information content (AvgIpc) is 3.18. The summed E-state index contributed by atoms with van der Waals surface area (Å²) in [7, 11) is 0. The molecule has 0 bridgehead atoms. The summed E-state index contributed by atoms with van der Waals surface area (Å²) in [6, 6.07) is 15.0. The van der Waals surface area contributed by atoms with Gasteiger partial charge in [-0.25, -0.2) is 9.97 Å². The van der Waals surface area contributed by atoms with E-state index in [0.29, 0.717) is 29.6 Å². The highest BCUT2D eigenvalue weighted by Gasteiger charge is 2.17. The Labute approximate surface area is 156 Å². The summed E-state index contributed by atoms with van der Waals surface area (Å²) in [5.41, 5.74) is 2.04. The molecule has 1 aliphatic heterocycles. The van der Waals surface area contributed by atoms with Crippen molar-refractivity contribution < 1.29 is 14.3 Å². The van der Waals surface area contributed by atoms with E-state index in [1.165, 1.54) is 12.4 Å². The molecule has 1 aliphatic rings. The molecule has 0 saturated carbocycles. The van der Waals surface area contributed by atoms with E-state index in [2.05, 4.69) is 15.3 Å². The molecule has 0 aliphatic carbocycles. The number of benzene rings is 2. The average molecular weight is 362 g/mol. The van der Waals surface area contributed by atoms with E-state index in [1.54, 1.807) is 4.90 Å². The number of ether oxygens (including phenoxy) is 2. The van der Waals surface area contributed by atoms with Crippen LogP contribution in [0.1, 0.15) is 17.3 Å². The molecule has 2 aromatic carbocycles. The highest BCUT2D eigenvalue weighted by atomic mass is 16.7. The molecule has 0 radical (unpaired) electrons. The summed E-state index contributed by atoms with van der Waals surface area (Å²) in [6.07, 6.45) is 3.05. The standard InChI is InChI=1S/C20H18N4O3/c1-2-24(16-6-4-3-5-7-16)19(25)14-11-21-20(22-12-14)23-15-8-9-17-18(10-15)27-13-26-17/h3-12H,2,13H2,1H3,(H,21,22,23). The zero-order chi connectivity index (χ0) is 18.6. The number of carbonyl (C=O) groups excluding carboxylic acids is 1. The van der Waals surface area contributed by atoms with Crippen LogP contribution in [0, 0.1) is 0 Å². The zero-order valence-corrected chi connectivity index (χ0v) is 14.8. The lowest BCUT2D eigenvalue weighted by Crippen LogP contribution is -2.30. The number of amides is 1. The van der Waals surface area contributed by atoms with Crippen LogP contribution in [0.25, 0.3) is 0 Å². The van der Waals surface area contributed by atoms with Crippen LogP contribution in [-0.2, 0) is 0 Å². The Morgan fingerprint density at radius 1 is 1.07 bits per heavy atom. The number of anilines is 3. The molecule has 0 atom stereocenters. The van der Waals surface area contributed by atoms with Crippen molar-refractivity contribution >= 4 is 23.2 Å². The second-order valence-corrected chi connectivity index (χ2v) is 5.87. The molecule has 3 aromatic rings. The fourth-order valence-corrected chi connectivity index (χ4v) is 2.81. The largest absolute Gasteiger partial charge is 0.454 e. The third kappa shape index (κ3) is 3.52. The Balaban J connectivity index is 1.49. The van der Waals surface area contributed by atoms with Gasteiger partial charge in [0, 0.05) is 36.4 Å². The maximum absolute atomic E-state index is 12.8. The van der Waals surface area contributed by atoms with Crippen molar-refractivity contribution in [2.24, 2.45) is 0 Å². The lowest BCUT2D eigenvalue weighted by Gasteiger charge is -2.20. The summed E-state index contributed by atoms with van der Waals surface area (Å²) in [5.74, 6) is 1.64. The van der Waals surface area contributed by atoms with E-state index in [-0.39, 0.29) is 12.7 Å². The Morgan fingerprint density at radius 2 is 1.81 bits per heavy atom. The van der Waals surface area contributed by atoms with Crippen LogP contribution in [0.4, 0.5) is 17.3 Å². The van der Waals surface area contributed by atoms with Crippen LogP contribution in [0.3, 0.4) is 0 Å². The first-order valence-electron chi connectivity index (χ1n) is 8.60. The third-order valence-electron chi connectivity index (χ3n) is 4.16. The third-order valence-corrected chi connectivity index (χ3v) is 4.16. The van der Waals surface area contributed by atoms with Gasteiger partial charge < -0.3 is 19.7 Å². The predicted molar refractivity (Wildman–Crippen MR) is 102 cm³/mol. The van der Waals surface area contributed by atoms with E-state index in [9.17, 15) is 4.79 Å². The lowest BCUT2D eigenvalue weighted by atomic mass is 10.2. The van der Waals surface area contributed by atoms with Crippen molar-refractivity contribution in [3.63, 3.8) is 0 Å². The molecule has 1 amide bonds. The van der Waals surface area contributed by atoms with Crippen molar-refractivity contribution in [1.82, 2.24) is 9.97 Å². The van der Waals surface area contributed by atoms with Gasteiger partial charge in [-0.15, -0.1) is 0 Å². The molecule has 7 heteroatoms. The fourth-order valence-electron chi connectivity index (χ4n) is 2.81. The van der Waals surface area contributed by atoms with E-state index in [4.69, 9.17) is 9.47 Å². The number of rotatable bonds is 5. The molecule has 0 unspecified atom stereocenters. The molecule has 4 rings (SSSR count). The molecule has 2 heterocycles. The van der Waals surface area contributed by atoms with Gasteiger partial charge in [0.15, 0.2) is 11.5 Å². The minimum atomic E-state index is -0.140. The summed E-state index contributed by atoms with van der Waals surface area (Å²) in [5, 5.41) is 3.09. The van der Waals surface area contributed by atoms with Gasteiger partial charge in [-0.2, -0.15) is 0 Å². The van der Waals surface area contributed by atoms with Crippen molar-refractivity contribution in [3.8, 4) is 11.5 Å². The Kier molecular flexibility index (Phi) is 4.57. The quantitative estimate of drug-likeness (QED) is 0.747. The number of nitrogens with one attached hydrogen (secondary N) is 1.